The highest BCUT2D eigenvalue weighted by Crippen LogP contribution is 2.12. The topological polar surface area (TPSA) is 76.9 Å². The second kappa shape index (κ2) is 13.2. The van der Waals surface area contributed by atoms with Gasteiger partial charge in [-0.15, -0.1) is 0 Å². The molecule has 2 aromatic heterocycles. The normalized spacial score (nSPS) is 10.0. The minimum absolute atomic E-state index is 0.0221. The number of pyridine rings is 1. The lowest BCUT2D eigenvalue weighted by Crippen LogP contribution is -2.20. The summed E-state index contributed by atoms with van der Waals surface area (Å²) in [6.07, 6.45) is 4.91. The molecular formula is C24H26ClFN4O2. The van der Waals surface area contributed by atoms with Crippen molar-refractivity contribution in [1.82, 2.24) is 19.9 Å². The first-order chi connectivity index (χ1) is 15.4. The van der Waals surface area contributed by atoms with Crippen LogP contribution in [0.2, 0.25) is 5.15 Å². The van der Waals surface area contributed by atoms with Crippen molar-refractivity contribution in [2.45, 2.75) is 33.2 Å². The molecule has 3 aromatic rings. The fourth-order valence-electron chi connectivity index (χ4n) is 2.83. The van der Waals surface area contributed by atoms with Gasteiger partial charge >= 0.3 is 0 Å². The van der Waals surface area contributed by atoms with Crippen LogP contribution < -0.4 is 10.9 Å². The SMILES string of the molecule is CC(=O)NCF.CCCn1cnc2ccccccc(Cc3ccc(Cl)nc3)cc2c1=O. The number of amides is 1. The van der Waals surface area contributed by atoms with Crippen LogP contribution in [0.25, 0.3) is 10.9 Å². The second-order valence-corrected chi connectivity index (χ2v) is 7.28. The molecule has 0 aliphatic heterocycles. The Labute approximate surface area is 191 Å². The molecule has 1 amide bonds. The zero-order valence-electron chi connectivity index (χ0n) is 18.1. The van der Waals surface area contributed by atoms with E-state index in [1.165, 1.54) is 6.92 Å². The summed E-state index contributed by atoms with van der Waals surface area (Å²) in [5.74, 6) is -0.336. The van der Waals surface area contributed by atoms with Crippen LogP contribution in [-0.2, 0) is 17.8 Å². The molecule has 0 spiro atoms. The van der Waals surface area contributed by atoms with Crippen LogP contribution in [0.5, 0.6) is 0 Å². The first-order valence-corrected chi connectivity index (χ1v) is 10.5. The molecule has 0 unspecified atom stereocenters. The molecule has 0 bridgehead atoms. The third-order valence-corrected chi connectivity index (χ3v) is 4.53. The second-order valence-electron chi connectivity index (χ2n) is 6.90. The smallest absolute Gasteiger partial charge is 0.261 e. The third kappa shape index (κ3) is 8.07. The largest absolute Gasteiger partial charge is 0.329 e. The summed E-state index contributed by atoms with van der Waals surface area (Å²) in [5, 5.41) is 2.98. The van der Waals surface area contributed by atoms with Gasteiger partial charge in [-0.05, 0) is 42.2 Å². The van der Waals surface area contributed by atoms with Gasteiger partial charge in [0.1, 0.15) is 5.15 Å². The number of alkyl halides is 1. The van der Waals surface area contributed by atoms with Crippen LogP contribution in [0.1, 0.15) is 31.4 Å². The van der Waals surface area contributed by atoms with E-state index >= 15 is 0 Å². The Kier molecular flexibility index (Phi) is 10.3. The van der Waals surface area contributed by atoms with Crippen LogP contribution in [0.4, 0.5) is 4.39 Å². The maximum atomic E-state index is 12.9. The summed E-state index contributed by atoms with van der Waals surface area (Å²) in [6, 6.07) is 17.2. The van der Waals surface area contributed by atoms with Gasteiger partial charge in [-0.2, -0.15) is 0 Å². The Morgan fingerprint density at radius 2 is 1.84 bits per heavy atom. The summed E-state index contributed by atoms with van der Waals surface area (Å²) in [7, 11) is 0. The van der Waals surface area contributed by atoms with Crippen molar-refractivity contribution in [1.29, 1.82) is 0 Å². The molecule has 32 heavy (non-hydrogen) atoms. The Bertz CT molecular complexity index is 1150. The standard InChI is InChI=1S/C21H20ClN3O.C3H6FNO/c1-2-11-25-15-24-19-8-6-4-3-5-7-16(13-18(19)21(25)26)12-17-9-10-20(22)23-14-17;1-3(6)5-2-4/h3-10,13-15H,2,11-12H2,1H3;2H2,1H3,(H,5,6). The summed E-state index contributed by atoms with van der Waals surface area (Å²) >= 11 is 5.87. The highest BCUT2D eigenvalue weighted by molar-refractivity contribution is 6.29. The predicted octanol–water partition coefficient (Wildman–Crippen LogP) is 4.62. The van der Waals surface area contributed by atoms with E-state index in [-0.39, 0.29) is 11.5 Å². The highest BCUT2D eigenvalue weighted by atomic mass is 35.5. The van der Waals surface area contributed by atoms with Gasteiger partial charge < -0.3 is 5.32 Å². The number of hydrogen-bond acceptors (Lipinski definition) is 4. The number of halogens is 2. The lowest BCUT2D eigenvalue weighted by molar-refractivity contribution is -0.119. The summed E-state index contributed by atoms with van der Waals surface area (Å²) < 4.78 is 12.6. The van der Waals surface area contributed by atoms with E-state index in [0.717, 1.165) is 17.5 Å². The number of nitrogens with one attached hydrogen (secondary N) is 1. The average Bonchev–Trinajstić information content (AvgIpc) is 2.76. The minimum atomic E-state index is -0.769. The van der Waals surface area contributed by atoms with Crippen LogP contribution in [0.3, 0.4) is 0 Å². The minimum Gasteiger partial charge on any atom is -0.329 e. The van der Waals surface area contributed by atoms with E-state index in [4.69, 9.17) is 11.6 Å². The van der Waals surface area contributed by atoms with E-state index in [0.29, 0.717) is 29.0 Å². The number of aromatic nitrogens is 3. The van der Waals surface area contributed by atoms with Crippen molar-refractivity contribution in [2.75, 3.05) is 6.80 Å². The fraction of sp³-hybridized carbons (Fsp3) is 0.250. The molecule has 0 aliphatic carbocycles. The summed E-state index contributed by atoms with van der Waals surface area (Å²) in [4.78, 5) is 31.2. The predicted molar refractivity (Wildman–Crippen MR) is 126 cm³/mol. The van der Waals surface area contributed by atoms with Gasteiger partial charge in [0.05, 0.1) is 17.2 Å². The number of nitrogens with zero attached hydrogens (tertiary/aromatic N) is 3. The Balaban J connectivity index is 0.000000534. The van der Waals surface area contributed by atoms with Gasteiger partial charge in [0, 0.05) is 19.7 Å². The van der Waals surface area contributed by atoms with Crippen molar-refractivity contribution in [2.24, 2.45) is 0 Å². The third-order valence-electron chi connectivity index (χ3n) is 4.31. The number of rotatable bonds is 5. The van der Waals surface area contributed by atoms with Crippen molar-refractivity contribution < 1.29 is 9.18 Å². The molecule has 1 aromatic carbocycles. The number of fused-ring (bicyclic) bond motifs is 1. The number of carbonyl (C=O) groups excluding carboxylic acids is 1. The van der Waals surface area contributed by atoms with Crippen molar-refractivity contribution in [3.63, 3.8) is 0 Å². The summed E-state index contributed by atoms with van der Waals surface area (Å²) in [6.45, 7) is 3.19. The van der Waals surface area contributed by atoms with E-state index in [2.05, 4.69) is 9.97 Å². The Hall–Kier alpha value is -3.32. The zero-order chi connectivity index (χ0) is 23.3. The molecule has 8 heteroatoms. The molecule has 6 nitrogen and oxygen atoms in total. The van der Waals surface area contributed by atoms with Gasteiger partial charge in [0.2, 0.25) is 5.91 Å². The monoisotopic (exact) mass is 456 g/mol. The van der Waals surface area contributed by atoms with E-state index in [1.54, 1.807) is 23.2 Å². The molecule has 0 radical (unpaired) electrons. The quantitative estimate of drug-likeness (QED) is 0.449. The first-order valence-electron chi connectivity index (χ1n) is 10.2. The molecule has 2 heterocycles. The average molecular weight is 457 g/mol. The molecule has 0 saturated carbocycles. The fourth-order valence-corrected chi connectivity index (χ4v) is 2.94. The van der Waals surface area contributed by atoms with Crippen molar-refractivity contribution in [3.8, 4) is 0 Å². The Morgan fingerprint density at radius 1 is 1.09 bits per heavy atom. The van der Waals surface area contributed by atoms with Gasteiger partial charge in [0.25, 0.3) is 5.56 Å². The van der Waals surface area contributed by atoms with Crippen molar-refractivity contribution in [3.05, 3.63) is 93.8 Å². The summed E-state index contributed by atoms with van der Waals surface area (Å²) in [5.41, 5.74) is 2.69. The Morgan fingerprint density at radius 3 is 2.44 bits per heavy atom. The number of aryl methyl sites for hydroxylation is 1. The molecule has 168 valence electrons. The lowest BCUT2D eigenvalue weighted by atomic mass is 10.1. The molecule has 0 atom stereocenters. The molecular weight excluding hydrogens is 431 g/mol. The van der Waals surface area contributed by atoms with Crippen LogP contribution >= 0.6 is 11.6 Å². The number of carbonyl (C=O) groups is 1. The van der Waals surface area contributed by atoms with Gasteiger partial charge in [0.15, 0.2) is 6.80 Å². The van der Waals surface area contributed by atoms with Crippen LogP contribution in [-0.4, -0.2) is 27.2 Å². The van der Waals surface area contributed by atoms with E-state index < -0.39 is 6.80 Å². The van der Waals surface area contributed by atoms with Gasteiger partial charge in [-0.3, -0.25) is 14.2 Å². The van der Waals surface area contributed by atoms with E-state index in [1.807, 2.05) is 60.8 Å². The molecule has 0 saturated heterocycles. The van der Waals surface area contributed by atoms with Crippen molar-refractivity contribution >= 4 is 28.4 Å². The highest BCUT2D eigenvalue weighted by Gasteiger charge is 2.03. The number of hydrogen-bond donors (Lipinski definition) is 1. The van der Waals surface area contributed by atoms with Gasteiger partial charge in [-0.1, -0.05) is 54.9 Å². The molecule has 0 fully saturated rings. The van der Waals surface area contributed by atoms with Crippen LogP contribution in [0, 0.1) is 0 Å². The first kappa shape index (κ1) is 24.9. The van der Waals surface area contributed by atoms with Gasteiger partial charge in [-0.25, -0.2) is 14.4 Å². The zero-order valence-corrected chi connectivity index (χ0v) is 18.8. The molecule has 3 rings (SSSR count). The molecule has 1 N–H and O–H groups in total. The molecule has 0 aliphatic rings. The van der Waals surface area contributed by atoms with Crippen LogP contribution in [0.15, 0.2) is 71.9 Å². The lowest BCUT2D eigenvalue weighted by Gasteiger charge is -2.05. The maximum Gasteiger partial charge on any atom is 0.261 e. The maximum absolute atomic E-state index is 12.9. The van der Waals surface area contributed by atoms with E-state index in [9.17, 15) is 14.0 Å².